The van der Waals surface area contributed by atoms with Crippen molar-refractivity contribution in [3.8, 4) is 0 Å². The molecule has 17 heavy (non-hydrogen) atoms. The fourth-order valence-corrected chi connectivity index (χ4v) is 2.21. The Labute approximate surface area is 103 Å². The summed E-state index contributed by atoms with van der Waals surface area (Å²) in [4.78, 5) is 6.73. The average Bonchev–Trinajstić information content (AvgIpc) is 2.40. The monoisotopic (exact) mass is 235 g/mol. The molecule has 0 aromatic carbocycles. The van der Waals surface area contributed by atoms with E-state index in [1.54, 1.807) is 0 Å². The van der Waals surface area contributed by atoms with Gasteiger partial charge in [-0.25, -0.2) is 4.98 Å². The highest BCUT2D eigenvalue weighted by atomic mass is 16.5. The summed E-state index contributed by atoms with van der Waals surface area (Å²) in [5.41, 5.74) is 1.26. The summed E-state index contributed by atoms with van der Waals surface area (Å²) >= 11 is 0. The summed E-state index contributed by atoms with van der Waals surface area (Å²) in [6, 6.07) is 4.80. The van der Waals surface area contributed by atoms with E-state index in [0.717, 1.165) is 38.4 Å². The minimum Gasteiger partial charge on any atom is -0.381 e. The van der Waals surface area contributed by atoms with E-state index in [0.29, 0.717) is 6.04 Å². The summed E-state index contributed by atoms with van der Waals surface area (Å²) in [5, 5.41) is 3.03. The van der Waals surface area contributed by atoms with E-state index in [1.165, 1.54) is 5.56 Å². The van der Waals surface area contributed by atoms with E-state index >= 15 is 0 Å². The van der Waals surface area contributed by atoms with Gasteiger partial charge in [-0.15, -0.1) is 0 Å². The molecule has 4 heteroatoms. The van der Waals surface area contributed by atoms with Crippen LogP contribution in [-0.2, 0) is 11.3 Å². The van der Waals surface area contributed by atoms with Gasteiger partial charge in [0.2, 0.25) is 0 Å². The highest BCUT2D eigenvalue weighted by Crippen LogP contribution is 2.15. The minimum atomic E-state index is 0.646. The quantitative estimate of drug-likeness (QED) is 0.862. The molecule has 1 fully saturated rings. The SMILES string of the molecule is CNc1ccc(CN(C)C2CCOCC2)cn1. The smallest absolute Gasteiger partial charge is 0.125 e. The molecule has 0 saturated carbocycles. The van der Waals surface area contributed by atoms with Crippen molar-refractivity contribution in [3.63, 3.8) is 0 Å². The van der Waals surface area contributed by atoms with Crippen molar-refractivity contribution in [3.05, 3.63) is 23.9 Å². The predicted molar refractivity (Wildman–Crippen MR) is 69.1 cm³/mol. The molecule has 0 unspecified atom stereocenters. The maximum Gasteiger partial charge on any atom is 0.125 e. The zero-order valence-corrected chi connectivity index (χ0v) is 10.6. The molecule has 0 atom stereocenters. The molecule has 4 nitrogen and oxygen atoms in total. The molecule has 1 aliphatic heterocycles. The Kier molecular flexibility index (Phi) is 4.34. The molecule has 0 amide bonds. The standard InChI is InChI=1S/C13H21N3O/c1-14-13-4-3-11(9-15-13)10-16(2)12-5-7-17-8-6-12/h3-4,9,12H,5-8,10H2,1-2H3,(H,14,15). The fourth-order valence-electron chi connectivity index (χ4n) is 2.21. The van der Waals surface area contributed by atoms with Gasteiger partial charge in [0.15, 0.2) is 0 Å². The van der Waals surface area contributed by atoms with Crippen LogP contribution in [0.5, 0.6) is 0 Å². The molecule has 94 valence electrons. The fraction of sp³-hybridized carbons (Fsp3) is 0.615. The van der Waals surface area contributed by atoms with Crippen molar-refractivity contribution in [1.82, 2.24) is 9.88 Å². The summed E-state index contributed by atoms with van der Waals surface area (Å²) in [7, 11) is 4.07. The number of nitrogens with one attached hydrogen (secondary N) is 1. The van der Waals surface area contributed by atoms with Crippen molar-refractivity contribution in [2.75, 3.05) is 32.6 Å². The van der Waals surface area contributed by atoms with Gasteiger partial charge in [-0.2, -0.15) is 0 Å². The largest absolute Gasteiger partial charge is 0.381 e. The molecular weight excluding hydrogens is 214 g/mol. The van der Waals surface area contributed by atoms with Crippen LogP contribution in [0.4, 0.5) is 5.82 Å². The number of aromatic nitrogens is 1. The zero-order valence-electron chi connectivity index (χ0n) is 10.6. The minimum absolute atomic E-state index is 0.646. The number of hydrogen-bond donors (Lipinski definition) is 1. The molecule has 1 aliphatic rings. The number of rotatable bonds is 4. The van der Waals surface area contributed by atoms with Crippen LogP contribution in [0.15, 0.2) is 18.3 Å². The molecule has 1 N–H and O–H groups in total. The van der Waals surface area contributed by atoms with Crippen molar-refractivity contribution >= 4 is 5.82 Å². The van der Waals surface area contributed by atoms with Crippen molar-refractivity contribution in [2.24, 2.45) is 0 Å². The Bertz CT molecular complexity index is 333. The molecule has 0 aliphatic carbocycles. The first-order chi connectivity index (χ1) is 8.29. The molecular formula is C13H21N3O. The van der Waals surface area contributed by atoms with Gasteiger partial charge < -0.3 is 10.1 Å². The number of pyridine rings is 1. The van der Waals surface area contributed by atoms with Crippen LogP contribution < -0.4 is 5.32 Å². The molecule has 0 spiro atoms. The summed E-state index contributed by atoms with van der Waals surface area (Å²) in [5.74, 6) is 0.919. The third-order valence-corrected chi connectivity index (χ3v) is 3.33. The lowest BCUT2D eigenvalue weighted by molar-refractivity contribution is 0.0406. The van der Waals surface area contributed by atoms with E-state index in [4.69, 9.17) is 4.74 Å². The number of ether oxygens (including phenoxy) is 1. The normalized spacial score (nSPS) is 17.4. The van der Waals surface area contributed by atoms with Gasteiger partial charge in [0, 0.05) is 39.0 Å². The van der Waals surface area contributed by atoms with Gasteiger partial charge in [0.25, 0.3) is 0 Å². The van der Waals surface area contributed by atoms with E-state index in [1.807, 2.05) is 19.3 Å². The second kappa shape index (κ2) is 5.98. The maximum absolute atomic E-state index is 5.38. The molecule has 1 saturated heterocycles. The van der Waals surface area contributed by atoms with Crippen LogP contribution in [0.2, 0.25) is 0 Å². The van der Waals surface area contributed by atoms with Crippen molar-refractivity contribution in [1.29, 1.82) is 0 Å². The van der Waals surface area contributed by atoms with E-state index in [2.05, 4.69) is 28.3 Å². The Morgan fingerprint density at radius 3 is 2.76 bits per heavy atom. The molecule has 0 bridgehead atoms. The third kappa shape index (κ3) is 3.41. The maximum atomic E-state index is 5.38. The lowest BCUT2D eigenvalue weighted by atomic mass is 10.1. The van der Waals surface area contributed by atoms with Crippen molar-refractivity contribution in [2.45, 2.75) is 25.4 Å². The first-order valence-electron chi connectivity index (χ1n) is 6.20. The first kappa shape index (κ1) is 12.3. The van der Waals surface area contributed by atoms with Gasteiger partial charge in [-0.3, -0.25) is 4.90 Å². The highest BCUT2D eigenvalue weighted by molar-refractivity contribution is 5.34. The molecule has 1 aromatic heterocycles. The Morgan fingerprint density at radius 2 is 2.18 bits per heavy atom. The van der Waals surface area contributed by atoms with Crippen LogP contribution in [0.3, 0.4) is 0 Å². The topological polar surface area (TPSA) is 37.4 Å². The number of anilines is 1. The van der Waals surface area contributed by atoms with Crippen LogP contribution in [0.1, 0.15) is 18.4 Å². The van der Waals surface area contributed by atoms with Crippen molar-refractivity contribution < 1.29 is 4.74 Å². The first-order valence-corrected chi connectivity index (χ1v) is 6.20. The van der Waals surface area contributed by atoms with Gasteiger partial charge >= 0.3 is 0 Å². The molecule has 0 radical (unpaired) electrons. The van der Waals surface area contributed by atoms with Crippen LogP contribution in [-0.4, -0.2) is 43.2 Å². The number of hydrogen-bond acceptors (Lipinski definition) is 4. The van der Waals surface area contributed by atoms with Crippen LogP contribution in [0, 0.1) is 0 Å². The lowest BCUT2D eigenvalue weighted by Crippen LogP contribution is -2.36. The van der Waals surface area contributed by atoms with E-state index < -0.39 is 0 Å². The van der Waals surface area contributed by atoms with E-state index in [9.17, 15) is 0 Å². The third-order valence-electron chi connectivity index (χ3n) is 3.33. The average molecular weight is 235 g/mol. The summed E-state index contributed by atoms with van der Waals surface area (Å²) in [6.07, 6.45) is 4.22. The molecule has 2 heterocycles. The Morgan fingerprint density at radius 1 is 1.41 bits per heavy atom. The van der Waals surface area contributed by atoms with Gasteiger partial charge in [-0.1, -0.05) is 6.07 Å². The second-order valence-corrected chi connectivity index (χ2v) is 4.56. The zero-order chi connectivity index (χ0) is 12.1. The lowest BCUT2D eigenvalue weighted by Gasteiger charge is -2.31. The number of nitrogens with zero attached hydrogens (tertiary/aromatic N) is 2. The van der Waals surface area contributed by atoms with E-state index in [-0.39, 0.29) is 0 Å². The summed E-state index contributed by atoms with van der Waals surface area (Å²) < 4.78 is 5.38. The van der Waals surface area contributed by atoms with Crippen LogP contribution >= 0.6 is 0 Å². The van der Waals surface area contributed by atoms with Gasteiger partial charge in [-0.05, 0) is 31.5 Å². The molecule has 1 aromatic rings. The predicted octanol–water partition coefficient (Wildman–Crippen LogP) is 1.73. The Balaban J connectivity index is 1.89. The van der Waals surface area contributed by atoms with Gasteiger partial charge in [0.1, 0.15) is 5.82 Å². The second-order valence-electron chi connectivity index (χ2n) is 4.56. The Hall–Kier alpha value is -1.13. The van der Waals surface area contributed by atoms with Gasteiger partial charge in [0.05, 0.1) is 0 Å². The molecule has 2 rings (SSSR count). The highest BCUT2D eigenvalue weighted by Gasteiger charge is 2.18. The summed E-state index contributed by atoms with van der Waals surface area (Å²) in [6.45, 7) is 2.75. The van der Waals surface area contributed by atoms with Crippen LogP contribution in [0.25, 0.3) is 0 Å².